The van der Waals surface area contributed by atoms with Crippen molar-refractivity contribution < 1.29 is 4.79 Å². The predicted molar refractivity (Wildman–Crippen MR) is 74.7 cm³/mol. The van der Waals surface area contributed by atoms with Crippen molar-refractivity contribution in [2.24, 2.45) is 5.41 Å². The van der Waals surface area contributed by atoms with Crippen LogP contribution in [0, 0.1) is 12.3 Å². The molecule has 0 spiro atoms. The summed E-state index contributed by atoms with van der Waals surface area (Å²) in [6.07, 6.45) is 0. The van der Waals surface area contributed by atoms with Crippen molar-refractivity contribution in [2.75, 3.05) is 5.73 Å². The van der Waals surface area contributed by atoms with E-state index in [9.17, 15) is 4.79 Å². The van der Waals surface area contributed by atoms with Gasteiger partial charge >= 0.3 is 0 Å². The molecular weight excluding hydrogens is 240 g/mol. The first-order chi connectivity index (χ1) is 8.79. The van der Waals surface area contributed by atoms with Crippen molar-refractivity contribution in [3.63, 3.8) is 0 Å². The van der Waals surface area contributed by atoms with Crippen LogP contribution in [0.3, 0.4) is 0 Å². The van der Waals surface area contributed by atoms with Gasteiger partial charge in [-0.25, -0.2) is 0 Å². The average Bonchev–Trinajstić information content (AvgIpc) is 2.69. The van der Waals surface area contributed by atoms with Gasteiger partial charge in [0.15, 0.2) is 5.82 Å². The highest BCUT2D eigenvalue weighted by atomic mass is 16.2. The molecular formula is C14H18N4O. The minimum Gasteiger partial charge on any atom is -0.368 e. The zero-order valence-electron chi connectivity index (χ0n) is 11.6. The first-order valence-corrected chi connectivity index (χ1v) is 6.13. The maximum atomic E-state index is 12.2. The van der Waals surface area contributed by atoms with Crippen LogP contribution in [0.4, 0.5) is 5.95 Å². The van der Waals surface area contributed by atoms with Crippen molar-refractivity contribution in [2.45, 2.75) is 27.7 Å². The smallest absolute Gasteiger partial charge is 0.255 e. The summed E-state index contributed by atoms with van der Waals surface area (Å²) in [5.41, 5.74) is 7.19. The molecule has 2 aromatic rings. The number of carbonyl (C=O) groups excluding carboxylic acids is 1. The number of anilines is 1. The number of hydrogen-bond acceptors (Lipinski definition) is 4. The second-order valence-corrected chi connectivity index (χ2v) is 5.63. The Morgan fingerprint density at radius 3 is 2.58 bits per heavy atom. The van der Waals surface area contributed by atoms with Crippen LogP contribution in [0.2, 0.25) is 0 Å². The zero-order valence-corrected chi connectivity index (χ0v) is 11.6. The number of nitrogens with two attached hydrogens (primary N) is 1. The predicted octanol–water partition coefficient (Wildman–Crippen LogP) is 2.52. The van der Waals surface area contributed by atoms with Gasteiger partial charge in [-0.2, -0.15) is 9.67 Å². The minimum absolute atomic E-state index is 0.122. The summed E-state index contributed by atoms with van der Waals surface area (Å²) in [4.78, 5) is 16.3. The fraction of sp³-hybridized carbons (Fsp3) is 0.357. The minimum atomic E-state index is -0.550. The Labute approximate surface area is 112 Å². The number of rotatable bonds is 1. The average molecular weight is 258 g/mol. The lowest BCUT2D eigenvalue weighted by molar-refractivity contribution is 0.0752. The maximum Gasteiger partial charge on any atom is 0.255 e. The fourth-order valence-electron chi connectivity index (χ4n) is 1.70. The normalized spacial score (nSPS) is 11.6. The third kappa shape index (κ3) is 2.65. The monoisotopic (exact) mass is 258 g/mol. The van der Waals surface area contributed by atoms with Gasteiger partial charge < -0.3 is 5.73 Å². The molecule has 19 heavy (non-hydrogen) atoms. The molecule has 0 aliphatic rings. The lowest BCUT2D eigenvalue weighted by Gasteiger charge is -2.15. The van der Waals surface area contributed by atoms with Gasteiger partial charge in [-0.15, -0.1) is 5.10 Å². The first-order valence-electron chi connectivity index (χ1n) is 6.13. The molecule has 0 fully saturated rings. The van der Waals surface area contributed by atoms with Gasteiger partial charge in [-0.3, -0.25) is 4.79 Å². The van der Waals surface area contributed by atoms with Gasteiger partial charge in [0.1, 0.15) is 0 Å². The van der Waals surface area contributed by atoms with Gasteiger partial charge in [0, 0.05) is 11.0 Å². The van der Waals surface area contributed by atoms with Crippen LogP contribution >= 0.6 is 0 Å². The van der Waals surface area contributed by atoms with Crippen LogP contribution in [-0.2, 0) is 0 Å². The van der Waals surface area contributed by atoms with Crippen LogP contribution in [0.1, 0.15) is 31.1 Å². The first kappa shape index (κ1) is 13.3. The molecule has 0 radical (unpaired) electrons. The van der Waals surface area contributed by atoms with Crippen LogP contribution in [-0.4, -0.2) is 20.7 Å². The Morgan fingerprint density at radius 2 is 2.00 bits per heavy atom. The topological polar surface area (TPSA) is 73.8 Å². The molecule has 1 aromatic carbocycles. The molecule has 0 atom stereocenters. The standard InChI is InChI=1S/C14H18N4O/c1-9-6-5-7-10(8-9)11-16-13(15)18(17-11)12(19)14(2,3)4/h5-8H,1-4H3,(H2,15,16,17). The van der Waals surface area contributed by atoms with Crippen LogP contribution in [0.25, 0.3) is 11.4 Å². The van der Waals surface area contributed by atoms with E-state index in [0.717, 1.165) is 11.1 Å². The third-order valence-corrected chi connectivity index (χ3v) is 2.74. The lowest BCUT2D eigenvalue weighted by atomic mass is 9.96. The summed E-state index contributed by atoms with van der Waals surface area (Å²) in [6, 6.07) is 7.77. The third-order valence-electron chi connectivity index (χ3n) is 2.74. The summed E-state index contributed by atoms with van der Waals surface area (Å²) in [6.45, 7) is 7.46. The highest BCUT2D eigenvalue weighted by molar-refractivity contribution is 5.85. The Balaban J connectivity index is 2.45. The van der Waals surface area contributed by atoms with E-state index >= 15 is 0 Å². The number of nitrogen functional groups attached to an aromatic ring is 1. The van der Waals surface area contributed by atoms with Crippen LogP contribution in [0.5, 0.6) is 0 Å². The van der Waals surface area contributed by atoms with Crippen molar-refractivity contribution in [3.05, 3.63) is 29.8 Å². The van der Waals surface area contributed by atoms with Crippen molar-refractivity contribution in [1.29, 1.82) is 0 Å². The van der Waals surface area contributed by atoms with Crippen LogP contribution < -0.4 is 5.73 Å². The summed E-state index contributed by atoms with van der Waals surface area (Å²) in [7, 11) is 0. The quantitative estimate of drug-likeness (QED) is 0.853. The van der Waals surface area contributed by atoms with Gasteiger partial charge in [-0.05, 0) is 13.0 Å². The molecule has 0 saturated carbocycles. The summed E-state index contributed by atoms with van der Waals surface area (Å²) >= 11 is 0. The van der Waals surface area contributed by atoms with E-state index in [0.29, 0.717) is 5.82 Å². The van der Waals surface area contributed by atoms with Crippen molar-refractivity contribution >= 4 is 11.9 Å². The van der Waals surface area contributed by atoms with Gasteiger partial charge in [0.2, 0.25) is 5.95 Å². The van der Waals surface area contributed by atoms with E-state index in [4.69, 9.17) is 5.73 Å². The molecule has 5 heteroatoms. The molecule has 0 aliphatic heterocycles. The van der Waals surface area contributed by atoms with E-state index < -0.39 is 5.41 Å². The molecule has 1 heterocycles. The summed E-state index contributed by atoms with van der Waals surface area (Å²) in [5.74, 6) is 0.423. The highest BCUT2D eigenvalue weighted by Crippen LogP contribution is 2.21. The summed E-state index contributed by atoms with van der Waals surface area (Å²) < 4.78 is 1.18. The van der Waals surface area contributed by atoms with Gasteiger partial charge in [0.25, 0.3) is 5.91 Å². The molecule has 0 saturated heterocycles. The number of aryl methyl sites for hydroxylation is 1. The zero-order chi connectivity index (χ0) is 14.2. The second kappa shape index (κ2) is 4.50. The molecule has 0 bridgehead atoms. The van der Waals surface area contributed by atoms with E-state index in [1.807, 2.05) is 52.0 Å². The highest BCUT2D eigenvalue weighted by Gasteiger charge is 2.26. The van der Waals surface area contributed by atoms with Crippen molar-refractivity contribution in [3.8, 4) is 11.4 Å². The number of hydrogen-bond donors (Lipinski definition) is 1. The molecule has 0 aliphatic carbocycles. The molecule has 0 amide bonds. The SMILES string of the molecule is Cc1cccc(-c2nc(N)n(C(=O)C(C)(C)C)n2)c1. The van der Waals surface area contributed by atoms with Crippen molar-refractivity contribution in [1.82, 2.24) is 14.8 Å². The summed E-state index contributed by atoms with van der Waals surface area (Å²) in [5, 5.41) is 4.22. The van der Waals surface area contributed by atoms with E-state index in [1.165, 1.54) is 4.68 Å². The van der Waals surface area contributed by atoms with E-state index in [2.05, 4.69) is 10.1 Å². The Morgan fingerprint density at radius 1 is 1.32 bits per heavy atom. The number of aromatic nitrogens is 3. The van der Waals surface area contributed by atoms with E-state index in [-0.39, 0.29) is 11.9 Å². The molecule has 5 nitrogen and oxygen atoms in total. The molecule has 0 unspecified atom stereocenters. The number of nitrogens with zero attached hydrogens (tertiary/aromatic N) is 3. The molecule has 1 aromatic heterocycles. The Hall–Kier alpha value is -2.17. The molecule has 2 rings (SSSR count). The fourth-order valence-corrected chi connectivity index (χ4v) is 1.70. The van der Waals surface area contributed by atoms with E-state index in [1.54, 1.807) is 0 Å². The maximum absolute atomic E-state index is 12.2. The number of benzene rings is 1. The largest absolute Gasteiger partial charge is 0.368 e. The Kier molecular flexibility index (Phi) is 3.14. The molecule has 2 N–H and O–H groups in total. The number of carbonyl (C=O) groups is 1. The molecule has 100 valence electrons. The Bertz CT molecular complexity index is 623. The van der Waals surface area contributed by atoms with Gasteiger partial charge in [-0.1, -0.05) is 44.5 Å². The second-order valence-electron chi connectivity index (χ2n) is 5.63. The lowest BCUT2D eigenvalue weighted by Crippen LogP contribution is -2.28. The van der Waals surface area contributed by atoms with Gasteiger partial charge in [0.05, 0.1) is 0 Å². The van der Waals surface area contributed by atoms with Crippen LogP contribution in [0.15, 0.2) is 24.3 Å².